The van der Waals surface area contributed by atoms with Gasteiger partial charge in [0, 0.05) is 11.6 Å². The van der Waals surface area contributed by atoms with E-state index in [9.17, 15) is 9.59 Å². The third-order valence-electron chi connectivity index (χ3n) is 2.95. The van der Waals surface area contributed by atoms with Crippen LogP contribution < -0.4 is 5.69 Å². The van der Waals surface area contributed by atoms with Crippen molar-refractivity contribution in [2.45, 2.75) is 6.04 Å². The number of carbonyl (C=O) groups is 1. The lowest BCUT2D eigenvalue weighted by molar-refractivity contribution is -0.110. The molecule has 0 spiro atoms. The van der Waals surface area contributed by atoms with Gasteiger partial charge < -0.3 is 9.21 Å². The molecule has 1 aromatic carbocycles. The summed E-state index contributed by atoms with van der Waals surface area (Å²) in [6.07, 6.45) is 3.22. The highest BCUT2D eigenvalue weighted by Gasteiger charge is 2.19. The number of hydrogen-bond donors (Lipinski definition) is 0. The molecule has 3 rings (SSSR count). The first-order chi connectivity index (χ1) is 9.69. The number of aromatic nitrogens is 2. The topological polar surface area (TPSA) is 65.1 Å². The third kappa shape index (κ3) is 2.12. The van der Waals surface area contributed by atoms with Crippen LogP contribution in [0.2, 0.25) is 5.02 Å². The Morgan fingerprint density at radius 1 is 1.35 bits per heavy atom. The molecule has 0 aliphatic carbocycles. The number of benzene rings is 1. The van der Waals surface area contributed by atoms with Crippen LogP contribution in [0.1, 0.15) is 11.8 Å². The van der Waals surface area contributed by atoms with Gasteiger partial charge in [0.15, 0.2) is 12.3 Å². The highest BCUT2D eigenvalue weighted by atomic mass is 35.5. The molecule has 2 heterocycles. The van der Waals surface area contributed by atoms with E-state index in [4.69, 9.17) is 16.0 Å². The van der Waals surface area contributed by atoms with Gasteiger partial charge in [-0.1, -0.05) is 29.8 Å². The minimum atomic E-state index is -0.888. The number of para-hydroxylation sites is 1. The molecule has 3 aromatic rings. The van der Waals surface area contributed by atoms with Gasteiger partial charge in [-0.25, -0.2) is 4.79 Å². The molecule has 6 heteroatoms. The molecular weight excluding hydrogens is 280 g/mol. The first-order valence-electron chi connectivity index (χ1n) is 5.86. The lowest BCUT2D eigenvalue weighted by Gasteiger charge is -2.10. The van der Waals surface area contributed by atoms with Crippen molar-refractivity contribution in [3.8, 4) is 0 Å². The maximum absolute atomic E-state index is 11.8. The van der Waals surface area contributed by atoms with Crippen LogP contribution in [0.3, 0.4) is 0 Å². The van der Waals surface area contributed by atoms with E-state index in [-0.39, 0.29) is 5.02 Å². The number of hydrogen-bond acceptors (Lipinski definition) is 4. The van der Waals surface area contributed by atoms with Crippen LogP contribution in [0.25, 0.3) is 11.0 Å². The maximum Gasteiger partial charge on any atom is 0.348 e. The Balaban J connectivity index is 2.16. The average molecular weight is 289 g/mol. The van der Waals surface area contributed by atoms with Gasteiger partial charge in [-0.05, 0) is 12.1 Å². The fraction of sp³-hybridized carbons (Fsp3) is 0.0714. The number of aldehydes is 1. The summed E-state index contributed by atoms with van der Waals surface area (Å²) in [6.45, 7) is 0. The van der Waals surface area contributed by atoms with Crippen LogP contribution in [0.15, 0.2) is 51.9 Å². The molecule has 0 aliphatic heterocycles. The summed E-state index contributed by atoms with van der Waals surface area (Å²) < 4.78 is 6.75. The van der Waals surface area contributed by atoms with Crippen LogP contribution in [0.4, 0.5) is 0 Å². The Labute approximate surface area is 118 Å². The van der Waals surface area contributed by atoms with Crippen LogP contribution >= 0.6 is 11.6 Å². The molecule has 2 aromatic heterocycles. The Hall–Kier alpha value is -2.40. The van der Waals surface area contributed by atoms with E-state index in [2.05, 4.69) is 4.98 Å². The van der Waals surface area contributed by atoms with E-state index in [1.54, 1.807) is 12.1 Å². The second-order valence-electron chi connectivity index (χ2n) is 4.23. The van der Waals surface area contributed by atoms with Gasteiger partial charge in [-0.3, -0.25) is 4.57 Å². The molecule has 0 fully saturated rings. The smallest absolute Gasteiger partial charge is 0.348 e. The van der Waals surface area contributed by atoms with Crippen molar-refractivity contribution < 1.29 is 9.21 Å². The zero-order valence-electron chi connectivity index (χ0n) is 10.2. The number of rotatable bonds is 3. The van der Waals surface area contributed by atoms with Gasteiger partial charge in [0.1, 0.15) is 11.3 Å². The highest BCUT2D eigenvalue weighted by Crippen LogP contribution is 2.24. The van der Waals surface area contributed by atoms with Crippen molar-refractivity contribution in [3.63, 3.8) is 0 Å². The number of carbonyl (C=O) groups excluding carboxylic acids is 1. The van der Waals surface area contributed by atoms with Gasteiger partial charge in [0.05, 0.1) is 11.2 Å². The molecule has 0 saturated heterocycles. The lowest BCUT2D eigenvalue weighted by atomic mass is 10.2. The summed E-state index contributed by atoms with van der Waals surface area (Å²) in [4.78, 5) is 26.7. The summed E-state index contributed by atoms with van der Waals surface area (Å²) >= 11 is 5.82. The minimum Gasteiger partial charge on any atom is -0.458 e. The van der Waals surface area contributed by atoms with E-state index >= 15 is 0 Å². The monoisotopic (exact) mass is 288 g/mol. The van der Waals surface area contributed by atoms with E-state index < -0.39 is 11.7 Å². The second kappa shape index (κ2) is 4.94. The molecule has 20 heavy (non-hydrogen) atoms. The molecule has 0 aliphatic rings. The molecule has 0 radical (unpaired) electrons. The molecular formula is C14H9ClN2O3. The standard InChI is InChI=1S/C14H9ClN2O3/c15-10-6-16-14(19)17(7-10)11(8-18)13-5-9-3-1-2-4-12(9)20-13/h1-8,11H. The van der Waals surface area contributed by atoms with E-state index in [1.807, 2.05) is 18.2 Å². The molecule has 0 amide bonds. The predicted octanol–water partition coefficient (Wildman–Crippen LogP) is 2.43. The molecule has 5 nitrogen and oxygen atoms in total. The normalized spacial score (nSPS) is 12.4. The van der Waals surface area contributed by atoms with Crippen molar-refractivity contribution in [3.05, 3.63) is 64.0 Å². The first-order valence-corrected chi connectivity index (χ1v) is 6.24. The summed E-state index contributed by atoms with van der Waals surface area (Å²) in [5.41, 5.74) is 0.0874. The van der Waals surface area contributed by atoms with E-state index in [0.29, 0.717) is 17.6 Å². The van der Waals surface area contributed by atoms with E-state index in [1.165, 1.54) is 12.4 Å². The zero-order valence-corrected chi connectivity index (χ0v) is 10.9. The van der Waals surface area contributed by atoms with Gasteiger partial charge in [0.25, 0.3) is 0 Å². The van der Waals surface area contributed by atoms with Gasteiger partial charge >= 0.3 is 5.69 Å². The molecule has 100 valence electrons. The average Bonchev–Trinajstić information content (AvgIpc) is 2.87. The van der Waals surface area contributed by atoms with Crippen molar-refractivity contribution in [2.24, 2.45) is 0 Å². The fourth-order valence-electron chi connectivity index (χ4n) is 2.02. The Kier molecular flexibility index (Phi) is 3.12. The number of fused-ring (bicyclic) bond motifs is 1. The summed E-state index contributed by atoms with van der Waals surface area (Å²) in [6, 6.07) is 8.19. The van der Waals surface area contributed by atoms with E-state index in [0.717, 1.165) is 9.95 Å². The first kappa shape index (κ1) is 12.6. The SMILES string of the molecule is O=CC(c1cc2ccccc2o1)n1cc(Cl)cnc1=O. The summed E-state index contributed by atoms with van der Waals surface area (Å²) in [5, 5.41) is 1.13. The Morgan fingerprint density at radius 3 is 2.90 bits per heavy atom. The van der Waals surface area contributed by atoms with Crippen molar-refractivity contribution >= 4 is 28.9 Å². The predicted molar refractivity (Wildman–Crippen MR) is 73.9 cm³/mol. The van der Waals surface area contributed by atoms with Gasteiger partial charge in [-0.15, -0.1) is 0 Å². The third-order valence-corrected chi connectivity index (χ3v) is 3.14. The van der Waals surface area contributed by atoms with Crippen LogP contribution in [-0.2, 0) is 4.79 Å². The van der Waals surface area contributed by atoms with Crippen LogP contribution in [-0.4, -0.2) is 15.8 Å². The van der Waals surface area contributed by atoms with Gasteiger partial charge in [0.2, 0.25) is 0 Å². The van der Waals surface area contributed by atoms with Crippen molar-refractivity contribution in [1.29, 1.82) is 0 Å². The van der Waals surface area contributed by atoms with Crippen molar-refractivity contribution in [1.82, 2.24) is 9.55 Å². The minimum absolute atomic E-state index is 0.271. The lowest BCUT2D eigenvalue weighted by Crippen LogP contribution is -2.27. The Bertz CT molecular complexity index is 805. The largest absolute Gasteiger partial charge is 0.458 e. The zero-order chi connectivity index (χ0) is 14.1. The highest BCUT2D eigenvalue weighted by molar-refractivity contribution is 6.30. The number of halogens is 1. The summed E-state index contributed by atoms with van der Waals surface area (Å²) in [5.74, 6) is 0.368. The molecule has 0 N–H and O–H groups in total. The van der Waals surface area contributed by atoms with Crippen LogP contribution in [0, 0.1) is 0 Å². The number of furan rings is 1. The molecule has 1 unspecified atom stereocenters. The van der Waals surface area contributed by atoms with Crippen molar-refractivity contribution in [2.75, 3.05) is 0 Å². The molecule has 0 bridgehead atoms. The molecule has 1 atom stereocenters. The summed E-state index contributed by atoms with van der Waals surface area (Å²) in [7, 11) is 0. The van der Waals surface area contributed by atoms with Crippen LogP contribution in [0.5, 0.6) is 0 Å². The second-order valence-corrected chi connectivity index (χ2v) is 4.67. The fourth-order valence-corrected chi connectivity index (χ4v) is 2.18. The maximum atomic E-state index is 11.8. The Morgan fingerprint density at radius 2 is 2.15 bits per heavy atom. The quantitative estimate of drug-likeness (QED) is 0.694. The van der Waals surface area contributed by atoms with Gasteiger partial charge in [-0.2, -0.15) is 4.98 Å². The molecule has 0 saturated carbocycles. The number of nitrogens with zero attached hydrogens (tertiary/aromatic N) is 2.